The third kappa shape index (κ3) is 2.98. The molecule has 4 nitrogen and oxygen atoms in total. The molecule has 1 aliphatic carbocycles. The van der Waals surface area contributed by atoms with Gasteiger partial charge in [-0.1, -0.05) is 18.1 Å². The summed E-state index contributed by atoms with van der Waals surface area (Å²) in [5, 5.41) is 13.4. The summed E-state index contributed by atoms with van der Waals surface area (Å²) < 4.78 is 11.0. The summed E-state index contributed by atoms with van der Waals surface area (Å²) in [6.07, 6.45) is 2.69. The topological polar surface area (TPSA) is 51.0 Å². The van der Waals surface area contributed by atoms with Crippen LogP contribution in [-0.2, 0) is 16.6 Å². The van der Waals surface area contributed by atoms with Gasteiger partial charge in [-0.25, -0.2) is 0 Å². The van der Waals surface area contributed by atoms with Gasteiger partial charge in [0.1, 0.15) is 5.75 Å². The van der Waals surface area contributed by atoms with Crippen molar-refractivity contribution in [3.8, 4) is 5.75 Å². The van der Waals surface area contributed by atoms with E-state index in [1.54, 1.807) is 7.11 Å². The molecule has 0 aromatic heterocycles. The number of ether oxygens (including phenoxy) is 2. The van der Waals surface area contributed by atoms with Gasteiger partial charge in [-0.05, 0) is 56.4 Å². The summed E-state index contributed by atoms with van der Waals surface area (Å²) in [7, 11) is 1.68. The van der Waals surface area contributed by atoms with Gasteiger partial charge in [0.05, 0.1) is 12.8 Å². The van der Waals surface area contributed by atoms with E-state index in [2.05, 4.69) is 31.1 Å². The Hall–Kier alpha value is -1.55. The van der Waals surface area contributed by atoms with Gasteiger partial charge < -0.3 is 14.7 Å². The number of fused-ring (bicyclic) bond motifs is 1. The Balaban J connectivity index is 2.49. The average molecular weight is 305 g/mol. The maximum absolute atomic E-state index is 9.65. The van der Waals surface area contributed by atoms with Crippen LogP contribution in [0, 0.1) is 5.92 Å². The van der Waals surface area contributed by atoms with Gasteiger partial charge in [-0.2, -0.15) is 0 Å². The first kappa shape index (κ1) is 16.8. The largest absolute Gasteiger partial charge is 0.497 e. The molecule has 1 aromatic rings. The fourth-order valence-corrected chi connectivity index (χ4v) is 3.54. The zero-order valence-electron chi connectivity index (χ0n) is 14.1. The Bertz CT molecular complexity index is 541. The van der Waals surface area contributed by atoms with Gasteiger partial charge >= 0.3 is 0 Å². The van der Waals surface area contributed by atoms with Crippen LogP contribution in [0.1, 0.15) is 44.7 Å². The lowest BCUT2D eigenvalue weighted by Gasteiger charge is -2.41. The highest BCUT2D eigenvalue weighted by Gasteiger charge is 2.42. The number of nitrogens with zero attached hydrogens (tertiary/aromatic N) is 1. The van der Waals surface area contributed by atoms with Crippen LogP contribution in [0.3, 0.4) is 0 Å². The van der Waals surface area contributed by atoms with E-state index >= 15 is 0 Å². The highest BCUT2D eigenvalue weighted by Crippen LogP contribution is 2.42. The standard InChI is InChI=1S/C18H27NO3/c1-5-13-11-14-7-8-15(21-4)12-16(14)18(3,17(13)19-20)9-10-22-6-2/h7-8,12-13,20H,5-6,9-11H2,1-4H3/b19-17+. The molecule has 0 radical (unpaired) electrons. The Morgan fingerprint density at radius 1 is 1.36 bits per heavy atom. The monoisotopic (exact) mass is 305 g/mol. The summed E-state index contributed by atoms with van der Waals surface area (Å²) >= 11 is 0. The van der Waals surface area contributed by atoms with Gasteiger partial charge in [0, 0.05) is 24.5 Å². The molecule has 0 aliphatic heterocycles. The van der Waals surface area contributed by atoms with Gasteiger partial charge in [-0.15, -0.1) is 0 Å². The number of hydrogen-bond acceptors (Lipinski definition) is 4. The molecule has 2 atom stereocenters. The van der Waals surface area contributed by atoms with E-state index in [-0.39, 0.29) is 11.3 Å². The number of methoxy groups -OCH3 is 1. The minimum atomic E-state index is -0.313. The quantitative estimate of drug-likeness (QED) is 0.494. The van der Waals surface area contributed by atoms with E-state index in [9.17, 15) is 5.21 Å². The molecular weight excluding hydrogens is 278 g/mol. The zero-order valence-corrected chi connectivity index (χ0v) is 14.1. The Morgan fingerprint density at radius 3 is 2.73 bits per heavy atom. The second-order valence-corrected chi connectivity index (χ2v) is 6.10. The van der Waals surface area contributed by atoms with Crippen LogP contribution in [0.5, 0.6) is 5.75 Å². The highest BCUT2D eigenvalue weighted by atomic mass is 16.5. The summed E-state index contributed by atoms with van der Waals surface area (Å²) in [5.41, 5.74) is 3.07. The minimum absolute atomic E-state index is 0.275. The summed E-state index contributed by atoms with van der Waals surface area (Å²) in [6.45, 7) is 7.65. The summed E-state index contributed by atoms with van der Waals surface area (Å²) in [6, 6.07) is 6.23. The fourth-order valence-electron chi connectivity index (χ4n) is 3.54. The van der Waals surface area contributed by atoms with E-state index in [4.69, 9.17) is 9.47 Å². The molecule has 1 aliphatic rings. The van der Waals surface area contributed by atoms with Crippen molar-refractivity contribution in [2.75, 3.05) is 20.3 Å². The third-order valence-corrected chi connectivity index (χ3v) is 4.88. The molecule has 0 saturated carbocycles. The van der Waals surface area contributed by atoms with E-state index in [1.165, 1.54) is 11.1 Å². The van der Waals surface area contributed by atoms with Gasteiger partial charge in [0.25, 0.3) is 0 Å². The van der Waals surface area contributed by atoms with Crippen LogP contribution < -0.4 is 4.74 Å². The van der Waals surface area contributed by atoms with E-state index in [0.29, 0.717) is 13.2 Å². The molecule has 4 heteroatoms. The Morgan fingerprint density at radius 2 is 2.14 bits per heavy atom. The molecule has 0 saturated heterocycles. The maximum atomic E-state index is 9.65. The van der Waals surface area contributed by atoms with Gasteiger partial charge in [-0.3, -0.25) is 0 Å². The van der Waals surface area contributed by atoms with Crippen LogP contribution >= 0.6 is 0 Å². The zero-order chi connectivity index (χ0) is 16.2. The van der Waals surface area contributed by atoms with Gasteiger partial charge in [0.2, 0.25) is 0 Å². The molecule has 0 heterocycles. The normalized spacial score (nSPS) is 26.0. The highest BCUT2D eigenvalue weighted by molar-refractivity contribution is 5.98. The Kier molecular flexibility index (Phi) is 5.46. The minimum Gasteiger partial charge on any atom is -0.497 e. The van der Waals surface area contributed by atoms with Crippen molar-refractivity contribution in [1.82, 2.24) is 0 Å². The van der Waals surface area contributed by atoms with Crippen LogP contribution in [0.4, 0.5) is 0 Å². The molecule has 0 fully saturated rings. The Labute approximate surface area is 133 Å². The molecule has 0 spiro atoms. The molecule has 122 valence electrons. The molecule has 2 unspecified atom stereocenters. The van der Waals surface area contributed by atoms with Crippen LogP contribution in [0.2, 0.25) is 0 Å². The lowest BCUT2D eigenvalue weighted by molar-refractivity contribution is 0.134. The van der Waals surface area contributed by atoms with Crippen molar-refractivity contribution < 1.29 is 14.7 Å². The summed E-state index contributed by atoms with van der Waals surface area (Å²) in [4.78, 5) is 0. The van der Waals surface area contributed by atoms with Crippen molar-refractivity contribution in [2.24, 2.45) is 11.1 Å². The van der Waals surface area contributed by atoms with Crippen LogP contribution in [-0.4, -0.2) is 31.2 Å². The number of benzene rings is 1. The van der Waals surface area contributed by atoms with E-state index < -0.39 is 0 Å². The second kappa shape index (κ2) is 7.14. The predicted molar refractivity (Wildman–Crippen MR) is 88.2 cm³/mol. The SMILES string of the molecule is CCOCCC1(C)/C(=N/O)C(CC)Cc2ccc(OC)cc21. The molecule has 22 heavy (non-hydrogen) atoms. The van der Waals surface area contributed by atoms with Crippen LogP contribution in [0.15, 0.2) is 23.4 Å². The predicted octanol–water partition coefficient (Wildman–Crippen LogP) is 3.79. The number of oxime groups is 1. The lowest BCUT2D eigenvalue weighted by atomic mass is 9.63. The van der Waals surface area contributed by atoms with Gasteiger partial charge in [0.15, 0.2) is 0 Å². The second-order valence-electron chi connectivity index (χ2n) is 6.10. The molecule has 0 amide bonds. The lowest BCUT2D eigenvalue weighted by Crippen LogP contribution is -2.44. The van der Waals surface area contributed by atoms with Crippen LogP contribution in [0.25, 0.3) is 0 Å². The van der Waals surface area contributed by atoms with E-state index in [0.717, 1.165) is 30.7 Å². The molecule has 1 N–H and O–H groups in total. The first-order chi connectivity index (χ1) is 10.6. The summed E-state index contributed by atoms with van der Waals surface area (Å²) in [5.74, 6) is 1.12. The van der Waals surface area contributed by atoms with Crippen molar-refractivity contribution >= 4 is 5.71 Å². The molecule has 1 aromatic carbocycles. The maximum Gasteiger partial charge on any atom is 0.119 e. The number of rotatable bonds is 6. The fraction of sp³-hybridized carbons (Fsp3) is 0.611. The average Bonchev–Trinajstić information content (AvgIpc) is 2.54. The first-order valence-corrected chi connectivity index (χ1v) is 8.08. The third-order valence-electron chi connectivity index (χ3n) is 4.88. The first-order valence-electron chi connectivity index (χ1n) is 8.08. The van der Waals surface area contributed by atoms with Crippen molar-refractivity contribution in [1.29, 1.82) is 0 Å². The number of hydrogen-bond donors (Lipinski definition) is 1. The van der Waals surface area contributed by atoms with E-state index in [1.807, 2.05) is 13.0 Å². The molecular formula is C18H27NO3. The smallest absolute Gasteiger partial charge is 0.119 e. The van der Waals surface area contributed by atoms with Crippen molar-refractivity contribution in [3.63, 3.8) is 0 Å². The molecule has 0 bridgehead atoms. The van der Waals surface area contributed by atoms with Crippen molar-refractivity contribution in [3.05, 3.63) is 29.3 Å². The van der Waals surface area contributed by atoms with Crippen molar-refractivity contribution in [2.45, 2.75) is 45.4 Å². The molecule has 2 rings (SSSR count).